The Balaban J connectivity index is 2.78. The molecule has 0 bridgehead atoms. The first-order valence-electron chi connectivity index (χ1n) is 4.30. The highest BCUT2D eigenvalue weighted by Crippen LogP contribution is 2.27. The third kappa shape index (κ3) is 2.64. The van der Waals surface area contributed by atoms with Crippen molar-refractivity contribution in [3.63, 3.8) is 0 Å². The fraction of sp³-hybridized carbons (Fsp3) is 0.182. The van der Waals surface area contributed by atoms with Gasteiger partial charge in [-0.3, -0.25) is 0 Å². The van der Waals surface area contributed by atoms with Gasteiger partial charge in [0.05, 0.1) is 6.07 Å². The number of carbonyl (C=O) groups is 2. The van der Waals surface area contributed by atoms with Gasteiger partial charge in [0.25, 0.3) is 0 Å². The first-order chi connectivity index (χ1) is 7.12. The number of nitrogens with zero attached hydrogens (tertiary/aromatic N) is 1. The first kappa shape index (κ1) is 10.9. The summed E-state index contributed by atoms with van der Waals surface area (Å²) in [6.45, 7) is 0. The maximum atomic E-state index is 10.7. The van der Waals surface area contributed by atoms with Crippen LogP contribution >= 0.6 is 0 Å². The molecule has 0 spiro atoms. The van der Waals surface area contributed by atoms with Crippen LogP contribution in [0.4, 0.5) is 0 Å². The second-order valence-corrected chi connectivity index (χ2v) is 3.18. The van der Waals surface area contributed by atoms with Crippen LogP contribution < -0.4 is 0 Å². The Labute approximate surface area is 86.8 Å². The number of aldehydes is 1. The second kappa shape index (κ2) is 4.38. The molecule has 0 aromatic rings. The fourth-order valence-electron chi connectivity index (χ4n) is 1.16. The van der Waals surface area contributed by atoms with E-state index in [2.05, 4.69) is 0 Å². The molecule has 0 saturated heterocycles. The topological polar surface area (TPSA) is 78.2 Å². The predicted octanol–water partition coefficient (Wildman–Crippen LogP) is 1.22. The van der Waals surface area contributed by atoms with E-state index in [1.54, 1.807) is 12.2 Å². The Bertz CT molecular complexity index is 412. The Hall–Kier alpha value is -2.15. The van der Waals surface area contributed by atoms with Crippen LogP contribution in [0.25, 0.3) is 0 Å². The summed E-state index contributed by atoms with van der Waals surface area (Å²) in [5, 5.41) is 17.2. The monoisotopic (exact) mass is 203 g/mol. The van der Waals surface area contributed by atoms with Gasteiger partial charge in [-0.05, 0) is 18.1 Å². The number of nitriles is 1. The molecule has 1 unspecified atom stereocenters. The molecular weight excluding hydrogens is 194 g/mol. The zero-order valence-corrected chi connectivity index (χ0v) is 7.88. The normalized spacial score (nSPS) is 24.6. The molecule has 1 rings (SSSR count). The molecule has 0 saturated carbocycles. The molecular formula is C11H9NO3. The molecule has 76 valence electrons. The van der Waals surface area contributed by atoms with Crippen LogP contribution in [-0.4, -0.2) is 17.4 Å². The van der Waals surface area contributed by atoms with Crippen molar-refractivity contribution in [1.82, 2.24) is 0 Å². The number of allylic oxidation sites excluding steroid dienone is 5. The van der Waals surface area contributed by atoms with Gasteiger partial charge < -0.3 is 9.90 Å². The molecule has 1 N–H and O–H groups in total. The van der Waals surface area contributed by atoms with Crippen molar-refractivity contribution in [2.75, 3.05) is 0 Å². The Morgan fingerprint density at radius 3 is 2.80 bits per heavy atom. The Morgan fingerprint density at radius 2 is 2.40 bits per heavy atom. The summed E-state index contributed by atoms with van der Waals surface area (Å²) in [7, 11) is 0. The van der Waals surface area contributed by atoms with Crippen molar-refractivity contribution in [2.24, 2.45) is 5.41 Å². The molecule has 1 aliphatic carbocycles. The van der Waals surface area contributed by atoms with E-state index in [4.69, 9.17) is 10.4 Å². The molecule has 0 radical (unpaired) electrons. The van der Waals surface area contributed by atoms with Crippen LogP contribution in [0.2, 0.25) is 0 Å². The minimum atomic E-state index is -1.08. The van der Waals surface area contributed by atoms with E-state index in [1.807, 2.05) is 6.07 Å². The highest BCUT2D eigenvalue weighted by Gasteiger charge is 2.26. The van der Waals surface area contributed by atoms with Gasteiger partial charge in [0.15, 0.2) is 0 Å². The maximum Gasteiger partial charge on any atom is 0.328 e. The number of carbonyl (C=O) groups excluding carboxylic acids is 1. The molecule has 0 aliphatic heterocycles. The molecule has 0 amide bonds. The SMILES string of the molecule is N#CC1(C=O)C=CC(C=CC(=O)O)=CC1. The summed E-state index contributed by atoms with van der Waals surface area (Å²) < 4.78 is 0. The lowest BCUT2D eigenvalue weighted by Gasteiger charge is -2.16. The van der Waals surface area contributed by atoms with Crippen molar-refractivity contribution < 1.29 is 14.7 Å². The van der Waals surface area contributed by atoms with Crippen LogP contribution in [0.3, 0.4) is 0 Å². The average Bonchev–Trinajstić information content (AvgIpc) is 2.27. The standard InChI is InChI=1S/C11H9NO3/c12-7-11(8-13)5-3-9(4-6-11)1-2-10(14)15/h1-5,8H,6H2,(H,14,15). The van der Waals surface area contributed by atoms with Crippen LogP contribution in [0.5, 0.6) is 0 Å². The summed E-state index contributed by atoms with van der Waals surface area (Å²) in [6, 6.07) is 1.91. The van der Waals surface area contributed by atoms with E-state index < -0.39 is 11.4 Å². The van der Waals surface area contributed by atoms with E-state index in [1.165, 1.54) is 12.2 Å². The van der Waals surface area contributed by atoms with Crippen LogP contribution in [0, 0.1) is 16.7 Å². The minimum Gasteiger partial charge on any atom is -0.478 e. The maximum absolute atomic E-state index is 10.7. The van der Waals surface area contributed by atoms with Gasteiger partial charge in [0.2, 0.25) is 0 Å². The van der Waals surface area contributed by atoms with Crippen molar-refractivity contribution in [2.45, 2.75) is 6.42 Å². The van der Waals surface area contributed by atoms with Gasteiger partial charge in [-0.2, -0.15) is 5.26 Å². The molecule has 0 heterocycles. The lowest BCUT2D eigenvalue weighted by atomic mass is 9.83. The van der Waals surface area contributed by atoms with Gasteiger partial charge in [0, 0.05) is 6.08 Å². The molecule has 4 heteroatoms. The van der Waals surface area contributed by atoms with Crippen LogP contribution in [0.1, 0.15) is 6.42 Å². The highest BCUT2D eigenvalue weighted by molar-refractivity contribution is 5.80. The van der Waals surface area contributed by atoms with E-state index in [0.29, 0.717) is 11.9 Å². The largest absolute Gasteiger partial charge is 0.478 e. The van der Waals surface area contributed by atoms with E-state index in [0.717, 1.165) is 6.08 Å². The van der Waals surface area contributed by atoms with E-state index in [-0.39, 0.29) is 6.42 Å². The Kier molecular flexibility index (Phi) is 3.19. The number of carboxylic acid groups (broad SMARTS) is 1. The summed E-state index contributed by atoms with van der Waals surface area (Å²) in [6.07, 6.45) is 8.03. The molecule has 0 aromatic heterocycles. The minimum absolute atomic E-state index is 0.281. The third-order valence-electron chi connectivity index (χ3n) is 2.09. The lowest BCUT2D eigenvalue weighted by molar-refractivity contribution is -0.131. The van der Waals surface area contributed by atoms with E-state index in [9.17, 15) is 9.59 Å². The van der Waals surface area contributed by atoms with E-state index >= 15 is 0 Å². The first-order valence-corrected chi connectivity index (χ1v) is 4.30. The smallest absolute Gasteiger partial charge is 0.328 e. The highest BCUT2D eigenvalue weighted by atomic mass is 16.4. The average molecular weight is 203 g/mol. The van der Waals surface area contributed by atoms with Crippen LogP contribution in [0.15, 0.2) is 36.0 Å². The Morgan fingerprint density at radius 1 is 1.67 bits per heavy atom. The predicted molar refractivity (Wildman–Crippen MR) is 52.7 cm³/mol. The fourth-order valence-corrected chi connectivity index (χ4v) is 1.16. The number of hydrogen-bond acceptors (Lipinski definition) is 3. The third-order valence-corrected chi connectivity index (χ3v) is 2.09. The molecule has 4 nitrogen and oxygen atoms in total. The zero-order chi connectivity index (χ0) is 11.3. The molecule has 1 aliphatic rings. The summed E-state index contributed by atoms with van der Waals surface area (Å²) >= 11 is 0. The van der Waals surface area contributed by atoms with Crippen molar-refractivity contribution in [3.8, 4) is 6.07 Å². The number of carboxylic acids is 1. The van der Waals surface area contributed by atoms with Gasteiger partial charge in [0.1, 0.15) is 11.7 Å². The van der Waals surface area contributed by atoms with Crippen molar-refractivity contribution >= 4 is 12.3 Å². The summed E-state index contributed by atoms with van der Waals surface area (Å²) in [5.74, 6) is -1.03. The summed E-state index contributed by atoms with van der Waals surface area (Å²) in [5.41, 5.74) is -0.397. The van der Waals surface area contributed by atoms with Crippen molar-refractivity contribution in [1.29, 1.82) is 5.26 Å². The van der Waals surface area contributed by atoms with Crippen molar-refractivity contribution in [3.05, 3.63) is 36.0 Å². The zero-order valence-electron chi connectivity index (χ0n) is 7.88. The van der Waals surface area contributed by atoms with Crippen LogP contribution in [-0.2, 0) is 9.59 Å². The quantitative estimate of drug-likeness (QED) is 0.552. The van der Waals surface area contributed by atoms with Gasteiger partial charge in [-0.25, -0.2) is 4.79 Å². The summed E-state index contributed by atoms with van der Waals surface area (Å²) in [4.78, 5) is 20.9. The van der Waals surface area contributed by atoms with Gasteiger partial charge in [-0.15, -0.1) is 0 Å². The molecule has 0 aromatic carbocycles. The number of rotatable bonds is 3. The number of aliphatic carboxylic acids is 1. The molecule has 1 atom stereocenters. The second-order valence-electron chi connectivity index (χ2n) is 3.18. The molecule has 0 fully saturated rings. The molecule has 15 heavy (non-hydrogen) atoms. The van der Waals surface area contributed by atoms with Gasteiger partial charge in [-0.1, -0.05) is 18.2 Å². The van der Waals surface area contributed by atoms with Gasteiger partial charge >= 0.3 is 5.97 Å². The number of hydrogen-bond donors (Lipinski definition) is 1. The lowest BCUT2D eigenvalue weighted by Crippen LogP contribution is -2.18.